The number of aliphatic hydroxyl groups is 1. The number of aliphatic hydroxyl groups excluding tert-OH is 1. The van der Waals surface area contributed by atoms with Crippen LogP contribution < -0.4 is 0 Å². The van der Waals surface area contributed by atoms with Gasteiger partial charge < -0.3 is 15.1 Å². The van der Waals surface area contributed by atoms with E-state index in [4.69, 9.17) is 5.11 Å². The number of amides is 1. The van der Waals surface area contributed by atoms with Crippen LogP contribution in [0.2, 0.25) is 0 Å². The number of nitrogens with zero attached hydrogens (tertiary/aromatic N) is 1. The highest BCUT2D eigenvalue weighted by atomic mass is 32.1. The molecule has 180 valence electrons. The second kappa shape index (κ2) is 11.4. The van der Waals surface area contributed by atoms with Crippen molar-refractivity contribution in [2.24, 2.45) is 5.92 Å². The average Bonchev–Trinajstić information content (AvgIpc) is 3.36. The predicted molar refractivity (Wildman–Crippen MR) is 127 cm³/mol. The molecule has 0 radical (unpaired) electrons. The first-order chi connectivity index (χ1) is 16.2. The minimum atomic E-state index is -3.48. The molecular formula is C26H27F2NO4S. The van der Waals surface area contributed by atoms with E-state index in [1.165, 1.54) is 29.8 Å². The summed E-state index contributed by atoms with van der Waals surface area (Å²) in [5.74, 6) is -0.484. The highest BCUT2D eigenvalue weighted by Crippen LogP contribution is 2.34. The monoisotopic (exact) mass is 487 g/mol. The second-order valence-corrected chi connectivity index (χ2v) is 9.49. The number of carbonyl (C=O) groups is 2. The Kier molecular flexibility index (Phi) is 8.59. The average molecular weight is 488 g/mol. The van der Waals surface area contributed by atoms with E-state index in [2.05, 4.69) is 24.0 Å². The van der Waals surface area contributed by atoms with E-state index in [9.17, 15) is 23.5 Å². The van der Waals surface area contributed by atoms with E-state index in [1.54, 1.807) is 0 Å². The number of benzene rings is 1. The van der Waals surface area contributed by atoms with E-state index in [-0.39, 0.29) is 17.3 Å². The van der Waals surface area contributed by atoms with Crippen molar-refractivity contribution in [1.29, 1.82) is 0 Å². The Hall–Kier alpha value is -3.02. The molecule has 1 aliphatic heterocycles. The number of likely N-dealkylation sites (tertiary alicyclic amines) is 1. The topological polar surface area (TPSA) is 77.8 Å². The van der Waals surface area contributed by atoms with E-state index < -0.39 is 36.4 Å². The lowest BCUT2D eigenvalue weighted by Crippen LogP contribution is -2.36. The Balaban J connectivity index is 1.57. The zero-order valence-corrected chi connectivity index (χ0v) is 19.6. The van der Waals surface area contributed by atoms with Crippen molar-refractivity contribution < 1.29 is 28.6 Å². The number of hydrogen-bond acceptors (Lipinski definition) is 4. The third kappa shape index (κ3) is 6.75. The lowest BCUT2D eigenvalue weighted by molar-refractivity contribution is -0.147. The number of carbonyl (C=O) groups excluding carboxylic acids is 1. The van der Waals surface area contributed by atoms with E-state index in [0.717, 1.165) is 35.5 Å². The minimum Gasteiger partial charge on any atom is -0.477 e. The summed E-state index contributed by atoms with van der Waals surface area (Å²) < 4.78 is 28.2. The fourth-order valence-corrected chi connectivity index (χ4v) is 4.51. The van der Waals surface area contributed by atoms with Gasteiger partial charge in [0.05, 0.1) is 23.6 Å². The van der Waals surface area contributed by atoms with Crippen molar-refractivity contribution >= 4 is 23.2 Å². The van der Waals surface area contributed by atoms with E-state index in [0.29, 0.717) is 4.88 Å². The fraction of sp³-hybridized carbons (Fsp3) is 0.385. The molecule has 1 fully saturated rings. The number of carboxylic acid groups (broad SMARTS) is 1. The molecule has 0 aliphatic carbocycles. The van der Waals surface area contributed by atoms with Crippen molar-refractivity contribution in [2.45, 2.75) is 50.7 Å². The summed E-state index contributed by atoms with van der Waals surface area (Å²) in [6.45, 7) is 1.69. The van der Waals surface area contributed by atoms with Gasteiger partial charge in [0.15, 0.2) is 0 Å². The summed E-state index contributed by atoms with van der Waals surface area (Å²) >= 11 is 0.975. The van der Waals surface area contributed by atoms with Crippen LogP contribution in [0.25, 0.3) is 0 Å². The summed E-state index contributed by atoms with van der Waals surface area (Å²) in [5.41, 5.74) is 1.23. The van der Waals surface area contributed by atoms with Crippen molar-refractivity contribution in [3.8, 4) is 11.8 Å². The molecule has 34 heavy (non-hydrogen) atoms. The molecular weight excluding hydrogens is 460 g/mol. The fourth-order valence-electron chi connectivity index (χ4n) is 3.79. The molecule has 1 amide bonds. The van der Waals surface area contributed by atoms with Crippen LogP contribution in [0.3, 0.4) is 0 Å². The number of aromatic carboxylic acids is 1. The summed E-state index contributed by atoms with van der Waals surface area (Å²) in [7, 11) is 0. The normalized spacial score (nSPS) is 19.1. The van der Waals surface area contributed by atoms with Crippen LogP contribution in [0.5, 0.6) is 0 Å². The third-order valence-electron chi connectivity index (χ3n) is 5.80. The van der Waals surface area contributed by atoms with Crippen LogP contribution in [0.4, 0.5) is 8.78 Å². The summed E-state index contributed by atoms with van der Waals surface area (Å²) in [6.07, 6.45) is 4.04. The van der Waals surface area contributed by atoms with E-state index in [1.807, 2.05) is 25.1 Å². The largest absolute Gasteiger partial charge is 0.477 e. The van der Waals surface area contributed by atoms with Gasteiger partial charge in [0.25, 0.3) is 5.91 Å². The highest BCUT2D eigenvalue weighted by molar-refractivity contribution is 7.14. The molecule has 8 heteroatoms. The van der Waals surface area contributed by atoms with Gasteiger partial charge in [-0.2, -0.15) is 8.78 Å². The maximum Gasteiger partial charge on any atom is 0.345 e. The molecule has 3 rings (SSSR count). The van der Waals surface area contributed by atoms with Crippen molar-refractivity contribution in [2.75, 3.05) is 6.54 Å². The SMILES string of the molecule is C[C@@H](CCCc1ccccc1)[C@H](O)C=CC1CC(F)(F)C(=O)N1CC#Cc1ccc(C(=O)O)s1. The first-order valence-electron chi connectivity index (χ1n) is 11.1. The molecule has 0 spiro atoms. The molecule has 0 bridgehead atoms. The molecule has 1 aromatic heterocycles. The van der Waals surface area contributed by atoms with Crippen LogP contribution in [-0.4, -0.2) is 51.6 Å². The molecule has 2 heterocycles. The molecule has 1 aromatic carbocycles. The number of halogens is 2. The number of thiophene rings is 1. The maximum atomic E-state index is 14.1. The third-order valence-corrected chi connectivity index (χ3v) is 6.79. The molecule has 1 saturated heterocycles. The Bertz CT molecular complexity index is 1090. The second-order valence-electron chi connectivity index (χ2n) is 8.41. The lowest BCUT2D eigenvalue weighted by atomic mass is 9.95. The summed E-state index contributed by atoms with van der Waals surface area (Å²) in [4.78, 5) is 24.7. The Morgan fingerprint density at radius 2 is 2.03 bits per heavy atom. The molecule has 2 N–H and O–H groups in total. The van der Waals surface area contributed by atoms with Gasteiger partial charge in [0, 0.05) is 6.42 Å². The van der Waals surface area contributed by atoms with E-state index >= 15 is 0 Å². The zero-order chi connectivity index (χ0) is 24.7. The van der Waals surface area contributed by atoms with Crippen molar-refractivity contribution in [3.05, 3.63) is 69.9 Å². The predicted octanol–water partition coefficient (Wildman–Crippen LogP) is 4.61. The van der Waals surface area contributed by atoms with Crippen LogP contribution in [0.15, 0.2) is 54.6 Å². The lowest BCUT2D eigenvalue weighted by Gasteiger charge is -2.20. The molecule has 1 aliphatic rings. The minimum absolute atomic E-state index is 0.0620. The Morgan fingerprint density at radius 1 is 1.29 bits per heavy atom. The standard InChI is InChI=1S/C26H27F2NO4S/c1-18(7-5-10-19-8-3-2-4-9-19)22(30)14-12-20-17-26(27,28)25(33)29(20)16-6-11-21-13-15-23(34-21)24(31)32/h2-4,8-9,12-15,18,20,22,30H,5,7,10,16-17H2,1H3,(H,31,32)/t18-,20?,22+/m0/s1. The van der Waals surface area contributed by atoms with Gasteiger partial charge in [0.1, 0.15) is 4.88 Å². The Morgan fingerprint density at radius 3 is 2.71 bits per heavy atom. The smallest absolute Gasteiger partial charge is 0.345 e. The molecule has 0 saturated carbocycles. The van der Waals surface area contributed by atoms with Gasteiger partial charge in [-0.25, -0.2) is 4.79 Å². The summed E-state index contributed by atoms with van der Waals surface area (Å²) in [5, 5.41) is 19.4. The summed E-state index contributed by atoms with van der Waals surface area (Å²) in [6, 6.07) is 12.1. The Labute approximate surface area is 201 Å². The van der Waals surface area contributed by atoms with Crippen molar-refractivity contribution in [3.63, 3.8) is 0 Å². The molecule has 2 aromatic rings. The first kappa shape index (κ1) is 25.6. The first-order valence-corrected chi connectivity index (χ1v) is 11.9. The number of carboxylic acids is 1. The van der Waals surface area contributed by atoms with Crippen LogP contribution in [-0.2, 0) is 11.2 Å². The van der Waals surface area contributed by atoms with Gasteiger partial charge >= 0.3 is 11.9 Å². The van der Waals surface area contributed by atoms with Gasteiger partial charge in [-0.3, -0.25) is 4.79 Å². The van der Waals surface area contributed by atoms with Gasteiger partial charge in [-0.05, 0) is 42.9 Å². The quantitative estimate of drug-likeness (QED) is 0.400. The van der Waals surface area contributed by atoms with Gasteiger partial charge in [-0.15, -0.1) is 11.3 Å². The molecule has 5 nitrogen and oxygen atoms in total. The number of aryl methyl sites for hydroxylation is 1. The van der Waals surface area contributed by atoms with Crippen LogP contribution in [0, 0.1) is 17.8 Å². The van der Waals surface area contributed by atoms with Crippen LogP contribution in [0.1, 0.15) is 46.3 Å². The molecule has 3 atom stereocenters. The van der Waals surface area contributed by atoms with Gasteiger partial charge in [-0.1, -0.05) is 61.2 Å². The van der Waals surface area contributed by atoms with Gasteiger partial charge in [0.2, 0.25) is 0 Å². The highest BCUT2D eigenvalue weighted by Gasteiger charge is 2.52. The van der Waals surface area contributed by atoms with Crippen molar-refractivity contribution in [1.82, 2.24) is 4.90 Å². The van der Waals surface area contributed by atoms with Crippen LogP contribution >= 0.6 is 11.3 Å². The number of alkyl halides is 2. The number of rotatable bonds is 9. The molecule has 1 unspecified atom stereocenters. The zero-order valence-electron chi connectivity index (χ0n) is 18.8. The number of hydrogen-bond donors (Lipinski definition) is 2. The maximum absolute atomic E-state index is 14.1.